The van der Waals surface area contributed by atoms with E-state index in [9.17, 15) is 17.6 Å². The predicted molar refractivity (Wildman–Crippen MR) is 237 cm³/mol. The molecule has 60 heavy (non-hydrogen) atoms. The lowest BCUT2D eigenvalue weighted by atomic mass is 9.79. The number of aliphatic imine (C=N–C) groups is 2. The minimum atomic E-state index is -0.512. The molecule has 6 aromatic carbocycles. The highest BCUT2D eigenvalue weighted by Crippen LogP contribution is 2.43. The predicted octanol–water partition coefficient (Wildman–Crippen LogP) is 14.0. The summed E-state index contributed by atoms with van der Waals surface area (Å²) in [5, 5.41) is 0. The molecule has 302 valence electrons. The van der Waals surface area contributed by atoms with Gasteiger partial charge in [0.2, 0.25) is 0 Å². The third-order valence-electron chi connectivity index (χ3n) is 11.0. The van der Waals surface area contributed by atoms with Gasteiger partial charge < -0.3 is 0 Å². The lowest BCUT2D eigenvalue weighted by Crippen LogP contribution is -2.10. The molecule has 0 fully saturated rings. The molecule has 1 aromatic heterocycles. The van der Waals surface area contributed by atoms with Gasteiger partial charge in [-0.3, -0.25) is 9.98 Å². The van der Waals surface area contributed by atoms with Crippen LogP contribution in [-0.4, -0.2) is 16.4 Å². The summed E-state index contributed by atoms with van der Waals surface area (Å²) in [5.41, 5.74) is 13.8. The zero-order valence-corrected chi connectivity index (χ0v) is 34.7. The van der Waals surface area contributed by atoms with Gasteiger partial charge in [0.1, 0.15) is 23.3 Å². The maximum atomic E-state index is 14.5. The van der Waals surface area contributed by atoms with Crippen LogP contribution in [-0.2, 0) is 12.8 Å². The second-order valence-corrected chi connectivity index (χ2v) is 15.3. The summed E-state index contributed by atoms with van der Waals surface area (Å²) < 4.78 is 57.6. The standard InChI is InChI=1S/C53H47F4N3/c1-7-36-28-32(3)29-37(8-2)53(36)59-35(6)49-11-9-10-48(60-49)34(5)58-52-33(4)30-42(50(38-12-20-43(54)21-13-38)39-14-22-44(55)23-15-39)31-47(52)51(40-16-24-45(56)25-17-40)41-18-26-46(57)27-19-41/h9-31,50-51H,7-8H2,1-6H3. The molecule has 7 heteroatoms. The molecule has 0 bridgehead atoms. The molecular formula is C53H47F4N3. The summed E-state index contributed by atoms with van der Waals surface area (Å²) in [7, 11) is 0. The molecule has 0 aliphatic rings. The highest BCUT2D eigenvalue weighted by atomic mass is 19.1. The average Bonchev–Trinajstić information content (AvgIpc) is 3.25. The van der Waals surface area contributed by atoms with Gasteiger partial charge >= 0.3 is 0 Å². The smallest absolute Gasteiger partial charge is 0.123 e. The number of hydrogen-bond acceptors (Lipinski definition) is 3. The Bertz CT molecular complexity index is 2570. The molecular weight excluding hydrogens is 755 g/mol. The van der Waals surface area contributed by atoms with E-state index in [1.165, 1.54) is 65.2 Å². The van der Waals surface area contributed by atoms with E-state index in [4.69, 9.17) is 15.0 Å². The zero-order valence-electron chi connectivity index (χ0n) is 34.7. The summed E-state index contributed by atoms with van der Waals surface area (Å²) in [6, 6.07) is 39.6. The van der Waals surface area contributed by atoms with Gasteiger partial charge in [-0.1, -0.05) is 98.3 Å². The van der Waals surface area contributed by atoms with Crippen molar-refractivity contribution in [3.05, 3.63) is 230 Å². The monoisotopic (exact) mass is 801 g/mol. The Morgan fingerprint density at radius 3 is 1.27 bits per heavy atom. The third-order valence-corrected chi connectivity index (χ3v) is 11.0. The van der Waals surface area contributed by atoms with Crippen molar-refractivity contribution in [3.63, 3.8) is 0 Å². The van der Waals surface area contributed by atoms with E-state index in [2.05, 4.69) is 45.0 Å². The van der Waals surface area contributed by atoms with E-state index in [1.54, 1.807) is 48.5 Å². The van der Waals surface area contributed by atoms with Crippen molar-refractivity contribution >= 4 is 22.8 Å². The van der Waals surface area contributed by atoms with E-state index in [0.29, 0.717) is 17.1 Å². The molecule has 0 unspecified atom stereocenters. The van der Waals surface area contributed by atoms with E-state index in [0.717, 1.165) is 68.9 Å². The van der Waals surface area contributed by atoms with Crippen LogP contribution >= 0.6 is 0 Å². The fourth-order valence-electron chi connectivity index (χ4n) is 8.03. The number of hydrogen-bond donors (Lipinski definition) is 0. The quantitative estimate of drug-likeness (QED) is 0.0689. The number of benzene rings is 6. The van der Waals surface area contributed by atoms with Crippen LogP contribution in [0.1, 0.15) is 107 Å². The van der Waals surface area contributed by atoms with E-state index in [-0.39, 0.29) is 23.3 Å². The van der Waals surface area contributed by atoms with Crippen LogP contribution in [0.3, 0.4) is 0 Å². The van der Waals surface area contributed by atoms with Crippen molar-refractivity contribution in [2.45, 2.75) is 66.2 Å². The Kier molecular flexibility index (Phi) is 12.6. The number of rotatable bonds is 12. The summed E-state index contributed by atoms with van der Waals surface area (Å²) in [5.74, 6) is -2.43. The lowest BCUT2D eigenvalue weighted by molar-refractivity contribution is 0.625. The summed E-state index contributed by atoms with van der Waals surface area (Å²) in [4.78, 5) is 15.5. The van der Waals surface area contributed by atoms with Crippen molar-refractivity contribution in [1.29, 1.82) is 0 Å². The van der Waals surface area contributed by atoms with Gasteiger partial charge in [-0.05, 0) is 151 Å². The number of halogens is 4. The SMILES string of the molecule is CCc1cc(C)cc(CC)c1N=C(C)c1cccc(C(C)=Nc2c(C)cc(C(c3ccc(F)cc3)c3ccc(F)cc3)cc2C(c2ccc(F)cc2)c2ccc(F)cc2)n1. The molecule has 7 rings (SSSR count). The molecule has 7 aromatic rings. The Hall–Kier alpha value is -6.47. The highest BCUT2D eigenvalue weighted by molar-refractivity contribution is 6.02. The molecule has 0 spiro atoms. The normalized spacial score (nSPS) is 12.1. The molecule has 0 saturated carbocycles. The maximum Gasteiger partial charge on any atom is 0.123 e. The third kappa shape index (κ3) is 9.21. The molecule has 0 N–H and O–H groups in total. The Balaban J connectivity index is 1.43. The molecule has 0 amide bonds. The van der Waals surface area contributed by atoms with Crippen LogP contribution in [0.2, 0.25) is 0 Å². The lowest BCUT2D eigenvalue weighted by Gasteiger charge is -2.26. The molecule has 0 aliphatic carbocycles. The number of pyridine rings is 1. The first-order chi connectivity index (χ1) is 28.9. The second kappa shape index (κ2) is 18.2. The molecule has 0 saturated heterocycles. The van der Waals surface area contributed by atoms with Gasteiger partial charge in [0, 0.05) is 11.8 Å². The largest absolute Gasteiger partial charge is 0.251 e. The van der Waals surface area contributed by atoms with E-state index < -0.39 is 11.8 Å². The summed E-state index contributed by atoms with van der Waals surface area (Å²) in [6.07, 6.45) is 1.73. The average molecular weight is 802 g/mol. The van der Waals surface area contributed by atoms with Gasteiger partial charge in [-0.15, -0.1) is 0 Å². The summed E-state index contributed by atoms with van der Waals surface area (Å²) >= 11 is 0. The first kappa shape index (κ1) is 41.7. The first-order valence-corrected chi connectivity index (χ1v) is 20.3. The topological polar surface area (TPSA) is 37.6 Å². The van der Waals surface area contributed by atoms with Crippen molar-refractivity contribution in [1.82, 2.24) is 4.98 Å². The summed E-state index contributed by atoms with van der Waals surface area (Å²) in [6.45, 7) is 12.3. The number of aromatic nitrogens is 1. The number of nitrogens with zero attached hydrogens (tertiary/aromatic N) is 3. The Morgan fingerprint density at radius 1 is 0.483 bits per heavy atom. The Labute approximate surface area is 350 Å². The minimum Gasteiger partial charge on any atom is -0.251 e. The van der Waals surface area contributed by atoms with Crippen molar-refractivity contribution < 1.29 is 17.6 Å². The minimum absolute atomic E-state index is 0.368. The van der Waals surface area contributed by atoms with Crippen LogP contribution in [0.15, 0.2) is 150 Å². The molecule has 1 heterocycles. The van der Waals surface area contributed by atoms with Crippen LogP contribution in [0, 0.1) is 37.1 Å². The Morgan fingerprint density at radius 2 is 0.867 bits per heavy atom. The first-order valence-electron chi connectivity index (χ1n) is 20.3. The van der Waals surface area contributed by atoms with Crippen molar-refractivity contribution in [3.8, 4) is 0 Å². The molecule has 0 atom stereocenters. The highest BCUT2D eigenvalue weighted by Gasteiger charge is 2.26. The van der Waals surface area contributed by atoms with Crippen LogP contribution in [0.25, 0.3) is 0 Å². The van der Waals surface area contributed by atoms with Crippen LogP contribution in [0.4, 0.5) is 28.9 Å². The molecule has 3 nitrogen and oxygen atoms in total. The van der Waals surface area contributed by atoms with E-state index in [1.807, 2.05) is 39.0 Å². The second-order valence-electron chi connectivity index (χ2n) is 15.3. The van der Waals surface area contributed by atoms with Crippen molar-refractivity contribution in [2.75, 3.05) is 0 Å². The van der Waals surface area contributed by atoms with Crippen LogP contribution in [0.5, 0.6) is 0 Å². The zero-order chi connectivity index (χ0) is 42.5. The van der Waals surface area contributed by atoms with Gasteiger partial charge in [0.05, 0.1) is 34.2 Å². The van der Waals surface area contributed by atoms with E-state index >= 15 is 0 Å². The maximum absolute atomic E-state index is 14.5. The molecule has 0 radical (unpaired) electrons. The molecule has 0 aliphatic heterocycles. The van der Waals surface area contributed by atoms with Gasteiger partial charge in [0.25, 0.3) is 0 Å². The number of aryl methyl sites for hydroxylation is 4. The van der Waals surface area contributed by atoms with Gasteiger partial charge in [0.15, 0.2) is 0 Å². The fourth-order valence-corrected chi connectivity index (χ4v) is 8.03. The fraction of sp³-hybridized carbons (Fsp3) is 0.189. The van der Waals surface area contributed by atoms with Gasteiger partial charge in [-0.25, -0.2) is 22.5 Å². The van der Waals surface area contributed by atoms with Crippen LogP contribution < -0.4 is 0 Å². The van der Waals surface area contributed by atoms with Gasteiger partial charge in [-0.2, -0.15) is 0 Å². The van der Waals surface area contributed by atoms with Crippen molar-refractivity contribution in [2.24, 2.45) is 9.98 Å².